The van der Waals surface area contributed by atoms with Crippen LogP contribution in [0.2, 0.25) is 0 Å². The summed E-state index contributed by atoms with van der Waals surface area (Å²) < 4.78 is 6.17. The molecule has 2 N–H and O–H groups in total. The molecule has 0 atom stereocenters. The van der Waals surface area contributed by atoms with Crippen molar-refractivity contribution in [2.45, 2.75) is 0 Å². The number of rotatable bonds is 8. The first-order valence-corrected chi connectivity index (χ1v) is 12.7. The van der Waals surface area contributed by atoms with Gasteiger partial charge < -0.3 is 10.1 Å². The van der Waals surface area contributed by atoms with Crippen LogP contribution in [-0.2, 0) is 4.79 Å². The molecule has 0 spiro atoms. The first kappa shape index (κ1) is 25.7. The van der Waals surface area contributed by atoms with Crippen LogP contribution in [0.4, 0.5) is 0 Å². The molecule has 4 rings (SSSR count). The van der Waals surface area contributed by atoms with Gasteiger partial charge in [0.1, 0.15) is 11.4 Å². The Hall–Kier alpha value is -4.34. The lowest BCUT2D eigenvalue weighted by Gasteiger charge is -2.08. The van der Waals surface area contributed by atoms with Crippen molar-refractivity contribution in [3.8, 4) is 5.75 Å². The number of hydrazone groups is 1. The number of nitrogens with one attached hydrogen (secondary N) is 2. The molecule has 0 bridgehead atoms. The van der Waals surface area contributed by atoms with Crippen LogP contribution in [0.25, 0.3) is 6.08 Å². The molecule has 0 unspecified atom stereocenters. The fourth-order valence-electron chi connectivity index (χ4n) is 3.09. The van der Waals surface area contributed by atoms with Gasteiger partial charge in [-0.25, -0.2) is 10.2 Å². The molecule has 0 aliphatic rings. The Balaban J connectivity index is 1.38. The number of carbonyl (C=O) groups excluding carboxylic acids is 3. The summed E-state index contributed by atoms with van der Waals surface area (Å²) in [7, 11) is 0. The lowest BCUT2D eigenvalue weighted by molar-refractivity contribution is -0.117. The zero-order chi connectivity index (χ0) is 26.0. The molecule has 0 saturated heterocycles. The summed E-state index contributed by atoms with van der Waals surface area (Å²) in [5.41, 5.74) is 4.01. The van der Waals surface area contributed by atoms with Gasteiger partial charge in [-0.3, -0.25) is 9.59 Å². The Morgan fingerprint density at radius 2 is 1.62 bits per heavy atom. The molecule has 0 fully saturated rings. The third-order valence-electron chi connectivity index (χ3n) is 4.89. The van der Waals surface area contributed by atoms with Crippen LogP contribution in [0.1, 0.15) is 31.2 Å². The SMILES string of the molecule is O=C(NN=Cc1ccc(OC(=O)c2cccc(Br)c2)cc1)C(=Cc1cccs1)NC(=O)c1ccccc1. The maximum absolute atomic E-state index is 12.8. The second kappa shape index (κ2) is 12.6. The number of hydrogen-bond acceptors (Lipinski definition) is 6. The number of thiophene rings is 1. The third-order valence-corrected chi connectivity index (χ3v) is 6.20. The monoisotopic (exact) mass is 573 g/mol. The zero-order valence-corrected chi connectivity index (χ0v) is 21.7. The fourth-order valence-corrected chi connectivity index (χ4v) is 4.14. The highest BCUT2D eigenvalue weighted by molar-refractivity contribution is 9.10. The van der Waals surface area contributed by atoms with E-state index in [1.54, 1.807) is 78.9 Å². The Kier molecular flexibility index (Phi) is 8.75. The second-order valence-electron chi connectivity index (χ2n) is 7.56. The summed E-state index contributed by atoms with van der Waals surface area (Å²) in [5, 5.41) is 8.52. The average Bonchev–Trinajstić information content (AvgIpc) is 3.43. The predicted molar refractivity (Wildman–Crippen MR) is 147 cm³/mol. The Labute approximate surface area is 225 Å². The summed E-state index contributed by atoms with van der Waals surface area (Å²) in [4.78, 5) is 38.5. The van der Waals surface area contributed by atoms with Crippen molar-refractivity contribution in [3.63, 3.8) is 0 Å². The van der Waals surface area contributed by atoms with Gasteiger partial charge in [0, 0.05) is 14.9 Å². The first-order valence-electron chi connectivity index (χ1n) is 11.0. The maximum Gasteiger partial charge on any atom is 0.343 e. The highest BCUT2D eigenvalue weighted by atomic mass is 79.9. The standard InChI is InChI=1S/C28H20BrN3O4S/c29-22-9-4-8-21(16-22)28(35)36-23-13-11-19(12-14-23)18-30-32-27(34)25(17-24-10-5-15-37-24)31-26(33)20-6-2-1-3-7-20/h1-18H,(H,31,33)(H,32,34). The van der Waals surface area contributed by atoms with Gasteiger partial charge in [-0.1, -0.05) is 46.3 Å². The lowest BCUT2D eigenvalue weighted by Crippen LogP contribution is -2.32. The van der Waals surface area contributed by atoms with Crippen molar-refractivity contribution >= 4 is 57.3 Å². The minimum atomic E-state index is -0.575. The van der Waals surface area contributed by atoms with E-state index in [1.165, 1.54) is 17.6 Å². The number of ether oxygens (including phenoxy) is 1. The topological polar surface area (TPSA) is 96.9 Å². The quantitative estimate of drug-likeness (QED) is 0.0935. The molecule has 1 heterocycles. The second-order valence-corrected chi connectivity index (χ2v) is 9.46. The highest BCUT2D eigenvalue weighted by Crippen LogP contribution is 2.17. The number of carbonyl (C=O) groups is 3. The Morgan fingerprint density at radius 3 is 2.32 bits per heavy atom. The number of hydrogen-bond donors (Lipinski definition) is 2. The molecule has 4 aromatic rings. The molecule has 184 valence electrons. The van der Waals surface area contributed by atoms with Crippen LogP contribution in [-0.4, -0.2) is 24.0 Å². The van der Waals surface area contributed by atoms with Crippen LogP contribution < -0.4 is 15.5 Å². The molecule has 9 heteroatoms. The molecule has 1 aromatic heterocycles. The van der Waals surface area contributed by atoms with Gasteiger partial charge in [0.15, 0.2) is 0 Å². The minimum absolute atomic E-state index is 0.0586. The molecule has 0 saturated carbocycles. The molecule has 0 aliphatic heterocycles. The van der Waals surface area contributed by atoms with E-state index in [-0.39, 0.29) is 5.70 Å². The largest absolute Gasteiger partial charge is 0.423 e. The molecule has 3 aromatic carbocycles. The summed E-state index contributed by atoms with van der Waals surface area (Å²) in [5.74, 6) is -1.09. The van der Waals surface area contributed by atoms with Gasteiger partial charge in [-0.2, -0.15) is 5.10 Å². The van der Waals surface area contributed by atoms with E-state index in [0.29, 0.717) is 22.4 Å². The van der Waals surface area contributed by atoms with Crippen molar-refractivity contribution in [3.05, 3.63) is 128 Å². The van der Waals surface area contributed by atoms with E-state index in [9.17, 15) is 14.4 Å². The zero-order valence-electron chi connectivity index (χ0n) is 19.3. The summed E-state index contributed by atoms with van der Waals surface area (Å²) in [6, 6.07) is 25.9. The lowest BCUT2D eigenvalue weighted by atomic mass is 10.2. The number of amides is 2. The Bertz CT molecular complexity index is 1450. The molecule has 0 radical (unpaired) electrons. The van der Waals surface area contributed by atoms with E-state index in [0.717, 1.165) is 9.35 Å². The van der Waals surface area contributed by atoms with Gasteiger partial charge in [0.2, 0.25) is 0 Å². The Morgan fingerprint density at radius 1 is 0.865 bits per heavy atom. The average molecular weight is 574 g/mol. The van der Waals surface area contributed by atoms with Crippen molar-refractivity contribution in [1.29, 1.82) is 0 Å². The normalized spacial score (nSPS) is 11.2. The van der Waals surface area contributed by atoms with Gasteiger partial charge in [-0.15, -0.1) is 11.3 Å². The van der Waals surface area contributed by atoms with Crippen LogP contribution in [0.3, 0.4) is 0 Å². The smallest absolute Gasteiger partial charge is 0.343 e. The van der Waals surface area contributed by atoms with Gasteiger partial charge in [-0.05, 0) is 77.7 Å². The van der Waals surface area contributed by atoms with Crippen LogP contribution in [0, 0.1) is 0 Å². The van der Waals surface area contributed by atoms with Crippen LogP contribution >= 0.6 is 27.3 Å². The maximum atomic E-state index is 12.8. The van der Waals surface area contributed by atoms with Crippen molar-refractivity contribution < 1.29 is 19.1 Å². The number of benzene rings is 3. The number of halogens is 1. The van der Waals surface area contributed by atoms with E-state index < -0.39 is 17.8 Å². The molecule has 37 heavy (non-hydrogen) atoms. The summed E-state index contributed by atoms with van der Waals surface area (Å²) in [6.07, 6.45) is 3.03. The van der Waals surface area contributed by atoms with E-state index in [4.69, 9.17) is 4.74 Å². The molecule has 2 amide bonds. The van der Waals surface area contributed by atoms with Crippen LogP contribution in [0.15, 0.2) is 112 Å². The van der Waals surface area contributed by atoms with Crippen molar-refractivity contribution in [1.82, 2.24) is 10.7 Å². The number of esters is 1. The fraction of sp³-hybridized carbons (Fsp3) is 0. The molecule has 0 aliphatic carbocycles. The van der Waals surface area contributed by atoms with Crippen molar-refractivity contribution in [2.75, 3.05) is 0 Å². The van der Waals surface area contributed by atoms with E-state index in [2.05, 4.69) is 31.8 Å². The third kappa shape index (κ3) is 7.57. The predicted octanol–water partition coefficient (Wildman–Crippen LogP) is 5.65. The highest BCUT2D eigenvalue weighted by Gasteiger charge is 2.14. The molecule has 7 nitrogen and oxygen atoms in total. The summed E-state index contributed by atoms with van der Waals surface area (Å²) in [6.45, 7) is 0. The first-order chi connectivity index (χ1) is 18.0. The van der Waals surface area contributed by atoms with Gasteiger partial charge in [0.25, 0.3) is 11.8 Å². The van der Waals surface area contributed by atoms with Crippen LogP contribution in [0.5, 0.6) is 5.75 Å². The van der Waals surface area contributed by atoms with Crippen molar-refractivity contribution in [2.24, 2.45) is 5.10 Å². The number of nitrogens with zero attached hydrogens (tertiary/aromatic N) is 1. The minimum Gasteiger partial charge on any atom is -0.423 e. The summed E-state index contributed by atoms with van der Waals surface area (Å²) >= 11 is 4.76. The van der Waals surface area contributed by atoms with Gasteiger partial charge >= 0.3 is 5.97 Å². The molecular weight excluding hydrogens is 554 g/mol. The molecular formula is C28H20BrN3O4S. The van der Waals surface area contributed by atoms with E-state index in [1.807, 2.05) is 23.6 Å². The van der Waals surface area contributed by atoms with E-state index >= 15 is 0 Å². The van der Waals surface area contributed by atoms with Gasteiger partial charge in [0.05, 0.1) is 11.8 Å².